The van der Waals surface area contributed by atoms with Gasteiger partial charge in [0.1, 0.15) is 0 Å². The molecule has 3 heteroatoms. The first-order valence-corrected chi connectivity index (χ1v) is 5.53. The van der Waals surface area contributed by atoms with Crippen molar-refractivity contribution in [2.75, 3.05) is 5.32 Å². The van der Waals surface area contributed by atoms with Gasteiger partial charge in [0.2, 0.25) is 5.91 Å². The van der Waals surface area contributed by atoms with E-state index in [1.54, 1.807) is 19.1 Å². The Morgan fingerprint density at radius 1 is 1.18 bits per heavy atom. The summed E-state index contributed by atoms with van der Waals surface area (Å²) in [7, 11) is 0. The highest BCUT2D eigenvalue weighted by molar-refractivity contribution is 6.07. The van der Waals surface area contributed by atoms with E-state index in [1.807, 2.05) is 24.3 Å². The Kier molecular flexibility index (Phi) is 3.19. The van der Waals surface area contributed by atoms with E-state index in [9.17, 15) is 9.59 Å². The highest BCUT2D eigenvalue weighted by Crippen LogP contribution is 2.25. The second kappa shape index (κ2) is 4.78. The standard InChI is InChI=1S/C14H13NO2/c1-2-14(17)15-13-8-7-10(9-16)11-5-3-4-6-12(11)13/h3-9H,2H2,1H3,(H,15,17). The van der Waals surface area contributed by atoms with E-state index in [1.165, 1.54) is 0 Å². The molecule has 0 saturated carbocycles. The highest BCUT2D eigenvalue weighted by atomic mass is 16.1. The van der Waals surface area contributed by atoms with E-state index in [0.29, 0.717) is 12.0 Å². The molecule has 17 heavy (non-hydrogen) atoms. The highest BCUT2D eigenvalue weighted by Gasteiger charge is 2.06. The molecular formula is C14H13NO2. The number of anilines is 1. The van der Waals surface area contributed by atoms with Gasteiger partial charge in [0.05, 0.1) is 0 Å². The lowest BCUT2D eigenvalue weighted by molar-refractivity contribution is -0.115. The number of benzene rings is 2. The van der Waals surface area contributed by atoms with Crippen molar-refractivity contribution in [3.63, 3.8) is 0 Å². The van der Waals surface area contributed by atoms with E-state index in [0.717, 1.165) is 22.7 Å². The van der Waals surface area contributed by atoms with Gasteiger partial charge in [-0.1, -0.05) is 31.2 Å². The number of hydrogen-bond donors (Lipinski definition) is 1. The van der Waals surface area contributed by atoms with Gasteiger partial charge >= 0.3 is 0 Å². The summed E-state index contributed by atoms with van der Waals surface area (Å²) >= 11 is 0. The molecule has 1 N–H and O–H groups in total. The maximum absolute atomic E-state index is 11.4. The number of fused-ring (bicyclic) bond motifs is 1. The topological polar surface area (TPSA) is 46.2 Å². The molecule has 2 aromatic rings. The smallest absolute Gasteiger partial charge is 0.224 e. The molecule has 3 nitrogen and oxygen atoms in total. The van der Waals surface area contributed by atoms with Crippen LogP contribution >= 0.6 is 0 Å². The van der Waals surface area contributed by atoms with E-state index < -0.39 is 0 Å². The molecule has 0 aliphatic rings. The molecular weight excluding hydrogens is 214 g/mol. The Morgan fingerprint density at radius 3 is 2.53 bits per heavy atom. The molecule has 0 saturated heterocycles. The third-order valence-electron chi connectivity index (χ3n) is 2.68. The molecule has 2 rings (SSSR count). The maximum atomic E-state index is 11.4. The molecule has 0 fully saturated rings. The van der Waals surface area contributed by atoms with Crippen molar-refractivity contribution < 1.29 is 9.59 Å². The molecule has 0 aliphatic carbocycles. The van der Waals surface area contributed by atoms with E-state index in [2.05, 4.69) is 5.32 Å². The van der Waals surface area contributed by atoms with Crippen molar-refractivity contribution in [1.29, 1.82) is 0 Å². The lowest BCUT2D eigenvalue weighted by Gasteiger charge is -2.09. The second-order valence-electron chi connectivity index (χ2n) is 3.77. The van der Waals surface area contributed by atoms with Gasteiger partial charge in [-0.05, 0) is 17.5 Å². The van der Waals surface area contributed by atoms with Crippen molar-refractivity contribution >= 4 is 28.7 Å². The fourth-order valence-electron chi connectivity index (χ4n) is 1.77. The SMILES string of the molecule is CCC(=O)Nc1ccc(C=O)c2ccccc12. The number of aldehydes is 1. The molecule has 0 radical (unpaired) electrons. The summed E-state index contributed by atoms with van der Waals surface area (Å²) in [6.45, 7) is 1.80. The summed E-state index contributed by atoms with van der Waals surface area (Å²) < 4.78 is 0. The summed E-state index contributed by atoms with van der Waals surface area (Å²) in [5.41, 5.74) is 1.38. The van der Waals surface area contributed by atoms with Gasteiger partial charge in [-0.15, -0.1) is 0 Å². The van der Waals surface area contributed by atoms with Gasteiger partial charge in [-0.3, -0.25) is 9.59 Å². The Labute approximate surface area is 99.4 Å². The van der Waals surface area contributed by atoms with Crippen LogP contribution in [0.4, 0.5) is 5.69 Å². The number of nitrogens with one attached hydrogen (secondary N) is 1. The van der Waals surface area contributed by atoms with Gasteiger partial charge < -0.3 is 5.32 Å². The number of carbonyl (C=O) groups excluding carboxylic acids is 2. The van der Waals surface area contributed by atoms with E-state index in [-0.39, 0.29) is 5.91 Å². The van der Waals surface area contributed by atoms with Crippen molar-refractivity contribution in [3.05, 3.63) is 42.0 Å². The quantitative estimate of drug-likeness (QED) is 0.819. The summed E-state index contributed by atoms with van der Waals surface area (Å²) in [4.78, 5) is 22.3. The number of carbonyl (C=O) groups is 2. The molecule has 0 unspecified atom stereocenters. The first-order valence-electron chi connectivity index (χ1n) is 5.53. The van der Waals surface area contributed by atoms with Crippen molar-refractivity contribution in [1.82, 2.24) is 0 Å². The lowest BCUT2D eigenvalue weighted by atomic mass is 10.0. The zero-order valence-corrected chi connectivity index (χ0v) is 9.57. The van der Waals surface area contributed by atoms with Crippen LogP contribution in [0.3, 0.4) is 0 Å². The van der Waals surface area contributed by atoms with E-state index >= 15 is 0 Å². The molecule has 2 aromatic carbocycles. The maximum Gasteiger partial charge on any atom is 0.224 e. The van der Waals surface area contributed by atoms with Crippen LogP contribution in [-0.2, 0) is 4.79 Å². The minimum atomic E-state index is -0.0333. The van der Waals surface area contributed by atoms with Crippen LogP contribution < -0.4 is 5.32 Å². The number of rotatable bonds is 3. The third-order valence-corrected chi connectivity index (χ3v) is 2.68. The van der Waals surface area contributed by atoms with Crippen LogP contribution in [0.1, 0.15) is 23.7 Å². The average Bonchev–Trinajstić information content (AvgIpc) is 2.39. The molecule has 0 atom stereocenters. The Morgan fingerprint density at radius 2 is 1.88 bits per heavy atom. The molecule has 0 bridgehead atoms. The van der Waals surface area contributed by atoms with Crippen molar-refractivity contribution in [3.8, 4) is 0 Å². The molecule has 0 aliphatic heterocycles. The zero-order valence-electron chi connectivity index (χ0n) is 9.57. The van der Waals surface area contributed by atoms with Crippen LogP contribution in [-0.4, -0.2) is 12.2 Å². The largest absolute Gasteiger partial charge is 0.326 e. The first-order chi connectivity index (χ1) is 8.26. The average molecular weight is 227 g/mol. The third kappa shape index (κ3) is 2.18. The summed E-state index contributed by atoms with van der Waals surface area (Å²) in [5, 5.41) is 4.58. The summed E-state index contributed by atoms with van der Waals surface area (Å²) in [5.74, 6) is -0.0333. The van der Waals surface area contributed by atoms with Crippen molar-refractivity contribution in [2.24, 2.45) is 0 Å². The van der Waals surface area contributed by atoms with Crippen LogP contribution in [0.15, 0.2) is 36.4 Å². The fourth-order valence-corrected chi connectivity index (χ4v) is 1.77. The van der Waals surface area contributed by atoms with Crippen molar-refractivity contribution in [2.45, 2.75) is 13.3 Å². The van der Waals surface area contributed by atoms with Crippen LogP contribution in [0.25, 0.3) is 10.8 Å². The Bertz CT molecular complexity index is 575. The molecule has 86 valence electrons. The van der Waals surface area contributed by atoms with E-state index in [4.69, 9.17) is 0 Å². The lowest BCUT2D eigenvalue weighted by Crippen LogP contribution is -2.09. The fraction of sp³-hybridized carbons (Fsp3) is 0.143. The van der Waals surface area contributed by atoms with Crippen LogP contribution in [0.2, 0.25) is 0 Å². The van der Waals surface area contributed by atoms with Gasteiger partial charge in [-0.2, -0.15) is 0 Å². The Balaban J connectivity index is 2.58. The minimum absolute atomic E-state index is 0.0333. The molecule has 0 heterocycles. The zero-order chi connectivity index (χ0) is 12.3. The van der Waals surface area contributed by atoms with Gasteiger partial charge in [0.25, 0.3) is 0 Å². The molecule has 0 spiro atoms. The number of hydrogen-bond acceptors (Lipinski definition) is 2. The Hall–Kier alpha value is -2.16. The predicted molar refractivity (Wildman–Crippen MR) is 68.3 cm³/mol. The van der Waals surface area contributed by atoms with Gasteiger partial charge in [-0.25, -0.2) is 0 Å². The van der Waals surface area contributed by atoms with Gasteiger partial charge in [0, 0.05) is 23.1 Å². The van der Waals surface area contributed by atoms with Crippen LogP contribution in [0, 0.1) is 0 Å². The first kappa shape index (κ1) is 11.3. The summed E-state index contributed by atoms with van der Waals surface area (Å²) in [6.07, 6.45) is 1.26. The van der Waals surface area contributed by atoms with Crippen LogP contribution in [0.5, 0.6) is 0 Å². The monoisotopic (exact) mass is 227 g/mol. The second-order valence-corrected chi connectivity index (χ2v) is 3.77. The number of amides is 1. The van der Waals surface area contributed by atoms with Gasteiger partial charge in [0.15, 0.2) is 6.29 Å². The normalized spacial score (nSPS) is 10.2. The minimum Gasteiger partial charge on any atom is -0.326 e. The molecule has 1 amide bonds. The summed E-state index contributed by atoms with van der Waals surface area (Å²) in [6, 6.07) is 11.0. The molecule has 0 aromatic heterocycles. The predicted octanol–water partition coefficient (Wildman–Crippen LogP) is 3.00.